The number of rotatable bonds is 5. The molecule has 0 spiro atoms. The highest BCUT2D eigenvalue weighted by Gasteiger charge is 2.32. The molecular formula is C17H23ClN2O3. The molecule has 2 saturated heterocycles. The van der Waals surface area contributed by atoms with E-state index in [1.165, 1.54) is 6.42 Å². The first-order valence-corrected chi connectivity index (χ1v) is 8.65. The van der Waals surface area contributed by atoms with E-state index in [-0.39, 0.29) is 12.1 Å². The fraction of sp³-hybridized carbons (Fsp3) is 0.588. The molecule has 0 aromatic heterocycles. The molecular weight excluding hydrogens is 316 g/mol. The van der Waals surface area contributed by atoms with Crippen LogP contribution in [-0.4, -0.2) is 49.4 Å². The molecule has 0 bridgehead atoms. The number of nitrogens with zero attached hydrogens (tertiary/aromatic N) is 1. The van der Waals surface area contributed by atoms with Gasteiger partial charge >= 0.3 is 6.03 Å². The quantitative estimate of drug-likeness (QED) is 0.897. The van der Waals surface area contributed by atoms with Gasteiger partial charge in [0, 0.05) is 18.2 Å². The molecule has 2 heterocycles. The van der Waals surface area contributed by atoms with Gasteiger partial charge in [0.15, 0.2) is 0 Å². The molecule has 6 heteroatoms. The average molecular weight is 339 g/mol. The van der Waals surface area contributed by atoms with Crippen molar-refractivity contribution in [3.8, 4) is 5.75 Å². The Hall–Kier alpha value is -1.46. The van der Waals surface area contributed by atoms with Crippen molar-refractivity contribution in [2.24, 2.45) is 0 Å². The van der Waals surface area contributed by atoms with Crippen LogP contribution in [-0.2, 0) is 4.74 Å². The maximum absolute atomic E-state index is 12.0. The van der Waals surface area contributed by atoms with Gasteiger partial charge in [0.05, 0.1) is 19.2 Å². The van der Waals surface area contributed by atoms with Crippen molar-refractivity contribution in [3.05, 3.63) is 29.3 Å². The minimum atomic E-state index is -0.0215. The van der Waals surface area contributed by atoms with E-state index in [2.05, 4.69) is 5.32 Å². The smallest absolute Gasteiger partial charge is 0.317 e. The first kappa shape index (κ1) is 16.4. The Labute approximate surface area is 141 Å². The highest BCUT2D eigenvalue weighted by molar-refractivity contribution is 6.30. The fourth-order valence-electron chi connectivity index (χ4n) is 2.90. The van der Waals surface area contributed by atoms with Crippen LogP contribution < -0.4 is 10.1 Å². The second kappa shape index (κ2) is 7.88. The van der Waals surface area contributed by atoms with Gasteiger partial charge in [0.2, 0.25) is 0 Å². The lowest BCUT2D eigenvalue weighted by atomic mass is 10.1. The van der Waals surface area contributed by atoms with Crippen LogP contribution in [0.4, 0.5) is 4.79 Å². The van der Waals surface area contributed by atoms with Gasteiger partial charge in [-0.3, -0.25) is 0 Å². The Balaban J connectivity index is 1.31. The Morgan fingerprint density at radius 2 is 2.26 bits per heavy atom. The lowest BCUT2D eigenvalue weighted by Crippen LogP contribution is -2.59. The van der Waals surface area contributed by atoms with E-state index in [4.69, 9.17) is 21.1 Å². The summed E-state index contributed by atoms with van der Waals surface area (Å²) in [6.07, 6.45) is 4.73. The number of hydrogen-bond acceptors (Lipinski definition) is 3. The summed E-state index contributed by atoms with van der Waals surface area (Å²) in [5.74, 6) is 0.747. The minimum Gasteiger partial charge on any atom is -0.487 e. The monoisotopic (exact) mass is 338 g/mol. The molecule has 2 amide bonds. The van der Waals surface area contributed by atoms with Crippen LogP contribution in [0.5, 0.6) is 5.75 Å². The van der Waals surface area contributed by atoms with Crippen LogP contribution in [0.1, 0.15) is 25.7 Å². The zero-order chi connectivity index (χ0) is 16.1. The summed E-state index contributed by atoms with van der Waals surface area (Å²) in [6, 6.07) is 7.30. The van der Waals surface area contributed by atoms with Crippen LogP contribution >= 0.6 is 11.6 Å². The van der Waals surface area contributed by atoms with Crippen molar-refractivity contribution in [1.82, 2.24) is 10.2 Å². The summed E-state index contributed by atoms with van der Waals surface area (Å²) < 4.78 is 11.4. The van der Waals surface area contributed by atoms with Crippen LogP contribution in [0.25, 0.3) is 0 Å². The number of carbonyl (C=O) groups excluding carboxylic acids is 1. The zero-order valence-electron chi connectivity index (χ0n) is 13.2. The second-order valence-corrected chi connectivity index (χ2v) is 6.55. The molecule has 1 N–H and O–H groups in total. The molecule has 1 aromatic carbocycles. The van der Waals surface area contributed by atoms with Gasteiger partial charge in [-0.05, 0) is 43.9 Å². The predicted molar refractivity (Wildman–Crippen MR) is 89.0 cm³/mol. The number of amides is 2. The summed E-state index contributed by atoms with van der Waals surface area (Å²) in [5.41, 5.74) is 0. The normalized spacial score (nSPS) is 21.6. The number of halogens is 1. The molecule has 1 atom stereocenters. The van der Waals surface area contributed by atoms with E-state index in [1.807, 2.05) is 18.2 Å². The Morgan fingerprint density at radius 1 is 1.39 bits per heavy atom. The molecule has 2 aliphatic rings. The SMILES string of the molecule is O=C(NCC[C@@H]1CCCCO1)N1CC(Oc2cccc(Cl)c2)C1. The third kappa shape index (κ3) is 4.75. The van der Waals surface area contributed by atoms with E-state index in [1.54, 1.807) is 11.0 Å². The second-order valence-electron chi connectivity index (χ2n) is 6.11. The first-order chi connectivity index (χ1) is 11.2. The molecule has 1 aromatic rings. The molecule has 2 fully saturated rings. The third-order valence-corrected chi connectivity index (χ3v) is 4.49. The van der Waals surface area contributed by atoms with Crippen molar-refractivity contribution >= 4 is 17.6 Å². The molecule has 0 aliphatic carbocycles. The van der Waals surface area contributed by atoms with E-state index < -0.39 is 0 Å². The van der Waals surface area contributed by atoms with Crippen LogP contribution in [0, 0.1) is 0 Å². The van der Waals surface area contributed by atoms with Gasteiger partial charge < -0.3 is 19.7 Å². The Kier molecular flexibility index (Phi) is 5.62. The zero-order valence-corrected chi connectivity index (χ0v) is 13.9. The number of likely N-dealkylation sites (tertiary alicyclic amines) is 1. The third-order valence-electron chi connectivity index (χ3n) is 4.25. The molecule has 0 radical (unpaired) electrons. The lowest BCUT2D eigenvalue weighted by molar-refractivity contribution is 0.0109. The number of nitrogens with one attached hydrogen (secondary N) is 1. The summed E-state index contributed by atoms with van der Waals surface area (Å²) in [5, 5.41) is 3.61. The predicted octanol–water partition coefficient (Wildman–Crippen LogP) is 3.07. The number of benzene rings is 1. The van der Waals surface area contributed by atoms with Crippen molar-refractivity contribution in [2.75, 3.05) is 26.2 Å². The van der Waals surface area contributed by atoms with Gasteiger partial charge in [0.1, 0.15) is 11.9 Å². The largest absolute Gasteiger partial charge is 0.487 e. The number of hydrogen-bond donors (Lipinski definition) is 1. The number of urea groups is 1. The molecule has 5 nitrogen and oxygen atoms in total. The summed E-state index contributed by atoms with van der Waals surface area (Å²) in [6.45, 7) is 2.74. The highest BCUT2D eigenvalue weighted by atomic mass is 35.5. The standard InChI is InChI=1S/C17H23ClN2O3/c18-13-4-3-6-15(10-13)23-16-11-20(12-16)17(21)19-8-7-14-5-1-2-9-22-14/h3-4,6,10,14,16H,1-2,5,7-9,11-12H2,(H,19,21)/t14-/m0/s1. The lowest BCUT2D eigenvalue weighted by Gasteiger charge is -2.38. The maximum atomic E-state index is 12.0. The number of carbonyl (C=O) groups is 1. The minimum absolute atomic E-state index is 0.0215. The van der Waals surface area contributed by atoms with Crippen molar-refractivity contribution < 1.29 is 14.3 Å². The summed E-state index contributed by atoms with van der Waals surface area (Å²) in [4.78, 5) is 13.8. The molecule has 126 valence electrons. The Bertz CT molecular complexity index is 528. The molecule has 0 unspecified atom stereocenters. The van der Waals surface area contributed by atoms with Crippen molar-refractivity contribution in [2.45, 2.75) is 37.9 Å². The molecule has 23 heavy (non-hydrogen) atoms. The van der Waals surface area contributed by atoms with Crippen LogP contribution in [0.15, 0.2) is 24.3 Å². The average Bonchev–Trinajstić information content (AvgIpc) is 2.51. The summed E-state index contributed by atoms with van der Waals surface area (Å²) in [7, 11) is 0. The van der Waals surface area contributed by atoms with E-state index in [9.17, 15) is 4.79 Å². The van der Waals surface area contributed by atoms with Gasteiger partial charge in [-0.1, -0.05) is 17.7 Å². The van der Waals surface area contributed by atoms with Crippen LogP contribution in [0.3, 0.4) is 0 Å². The van der Waals surface area contributed by atoms with E-state index >= 15 is 0 Å². The first-order valence-electron chi connectivity index (χ1n) is 8.27. The van der Waals surface area contributed by atoms with Crippen molar-refractivity contribution in [3.63, 3.8) is 0 Å². The van der Waals surface area contributed by atoms with E-state index in [0.29, 0.717) is 30.8 Å². The van der Waals surface area contributed by atoms with Gasteiger partial charge in [-0.2, -0.15) is 0 Å². The molecule has 2 aliphatic heterocycles. The van der Waals surface area contributed by atoms with Gasteiger partial charge in [-0.25, -0.2) is 4.79 Å². The fourth-order valence-corrected chi connectivity index (χ4v) is 3.08. The van der Waals surface area contributed by atoms with E-state index in [0.717, 1.165) is 31.6 Å². The van der Waals surface area contributed by atoms with Crippen molar-refractivity contribution in [1.29, 1.82) is 0 Å². The Morgan fingerprint density at radius 3 is 3.00 bits per heavy atom. The molecule has 0 saturated carbocycles. The highest BCUT2D eigenvalue weighted by Crippen LogP contribution is 2.21. The van der Waals surface area contributed by atoms with Gasteiger partial charge in [-0.15, -0.1) is 0 Å². The van der Waals surface area contributed by atoms with Crippen LogP contribution in [0.2, 0.25) is 5.02 Å². The van der Waals surface area contributed by atoms with Gasteiger partial charge in [0.25, 0.3) is 0 Å². The topological polar surface area (TPSA) is 50.8 Å². The maximum Gasteiger partial charge on any atom is 0.317 e. The molecule has 3 rings (SSSR count). The number of ether oxygens (including phenoxy) is 2. The summed E-state index contributed by atoms with van der Waals surface area (Å²) >= 11 is 5.93.